The second-order valence-electron chi connectivity index (χ2n) is 6.14. The fourth-order valence-corrected chi connectivity index (χ4v) is 4.26. The molecule has 1 fully saturated rings. The van der Waals surface area contributed by atoms with Gasteiger partial charge in [0.2, 0.25) is 5.91 Å². The summed E-state index contributed by atoms with van der Waals surface area (Å²) in [5.74, 6) is -0.486. The van der Waals surface area contributed by atoms with Gasteiger partial charge in [-0.1, -0.05) is 30.3 Å². The highest BCUT2D eigenvalue weighted by Gasteiger charge is 2.19. The maximum Gasteiger partial charge on any atom is 0.225 e. The lowest BCUT2D eigenvalue weighted by molar-refractivity contribution is -0.115. The van der Waals surface area contributed by atoms with E-state index < -0.39 is 9.84 Å². The van der Waals surface area contributed by atoms with E-state index in [0.29, 0.717) is 0 Å². The van der Waals surface area contributed by atoms with Crippen molar-refractivity contribution in [2.24, 2.45) is 0 Å². The van der Waals surface area contributed by atoms with E-state index in [1.54, 1.807) is 30.3 Å². The Kier molecular flexibility index (Phi) is 5.38. The topological polar surface area (TPSA) is 66.5 Å². The van der Waals surface area contributed by atoms with Gasteiger partial charge in [0, 0.05) is 19.5 Å². The minimum Gasteiger partial charge on any atom is -0.370 e. The minimum absolute atomic E-state index is 0.0639. The Hall–Kier alpha value is -2.34. The number of sulfone groups is 1. The summed E-state index contributed by atoms with van der Waals surface area (Å²) in [6, 6.07) is 15.9. The molecule has 132 valence electrons. The van der Waals surface area contributed by atoms with Crippen LogP contribution in [0, 0.1) is 0 Å². The smallest absolute Gasteiger partial charge is 0.225 e. The lowest BCUT2D eigenvalue weighted by Gasteiger charge is -2.21. The summed E-state index contributed by atoms with van der Waals surface area (Å²) in [6.07, 6.45) is 2.24. The Morgan fingerprint density at radius 2 is 1.60 bits per heavy atom. The van der Waals surface area contributed by atoms with Crippen LogP contribution >= 0.6 is 0 Å². The van der Waals surface area contributed by atoms with Crippen LogP contribution in [0.4, 0.5) is 11.4 Å². The van der Waals surface area contributed by atoms with Crippen LogP contribution in [0.2, 0.25) is 0 Å². The van der Waals surface area contributed by atoms with E-state index >= 15 is 0 Å². The lowest BCUT2D eigenvalue weighted by Crippen LogP contribution is -2.22. The van der Waals surface area contributed by atoms with Crippen molar-refractivity contribution in [1.29, 1.82) is 0 Å². The Labute approximate surface area is 148 Å². The monoisotopic (exact) mass is 358 g/mol. The number of nitrogens with one attached hydrogen (secondary N) is 1. The molecule has 0 atom stereocenters. The van der Waals surface area contributed by atoms with Gasteiger partial charge in [-0.2, -0.15) is 0 Å². The van der Waals surface area contributed by atoms with Crippen molar-refractivity contribution in [2.45, 2.75) is 24.2 Å². The highest BCUT2D eigenvalue weighted by Crippen LogP contribution is 2.28. The Morgan fingerprint density at radius 3 is 2.32 bits per heavy atom. The average molecular weight is 358 g/mol. The molecular weight excluding hydrogens is 336 g/mol. The molecular formula is C19H22N2O3S. The van der Waals surface area contributed by atoms with Crippen LogP contribution in [0.1, 0.15) is 19.3 Å². The molecule has 0 spiro atoms. The molecule has 0 aliphatic carbocycles. The third kappa shape index (κ3) is 4.39. The van der Waals surface area contributed by atoms with Gasteiger partial charge in [0.15, 0.2) is 9.84 Å². The van der Waals surface area contributed by atoms with Gasteiger partial charge in [0.25, 0.3) is 0 Å². The van der Waals surface area contributed by atoms with Gasteiger partial charge < -0.3 is 10.2 Å². The summed E-state index contributed by atoms with van der Waals surface area (Å²) in [5, 5.41) is 2.87. The lowest BCUT2D eigenvalue weighted by atomic mass is 10.2. The fraction of sp³-hybridized carbons (Fsp3) is 0.316. The highest BCUT2D eigenvalue weighted by atomic mass is 32.2. The summed E-state index contributed by atoms with van der Waals surface area (Å²) in [4.78, 5) is 14.8. The van der Waals surface area contributed by atoms with E-state index in [4.69, 9.17) is 0 Å². The van der Waals surface area contributed by atoms with Crippen molar-refractivity contribution in [1.82, 2.24) is 0 Å². The molecule has 0 bridgehead atoms. The second-order valence-corrected chi connectivity index (χ2v) is 8.25. The van der Waals surface area contributed by atoms with Gasteiger partial charge in [0.05, 0.1) is 22.0 Å². The molecule has 2 aromatic carbocycles. The van der Waals surface area contributed by atoms with Gasteiger partial charge in [-0.15, -0.1) is 0 Å². The Bertz CT molecular complexity index is 829. The molecule has 0 saturated carbocycles. The summed E-state index contributed by atoms with van der Waals surface area (Å²) in [6.45, 7) is 1.96. The molecule has 0 unspecified atom stereocenters. The zero-order valence-corrected chi connectivity index (χ0v) is 14.8. The second kappa shape index (κ2) is 7.70. The first-order valence-electron chi connectivity index (χ1n) is 8.48. The molecule has 3 rings (SSSR count). The normalized spacial score (nSPS) is 14.5. The van der Waals surface area contributed by atoms with E-state index in [9.17, 15) is 13.2 Å². The molecule has 1 aliphatic rings. The van der Waals surface area contributed by atoms with E-state index in [1.165, 1.54) is 0 Å². The van der Waals surface area contributed by atoms with Gasteiger partial charge in [-0.05, 0) is 37.1 Å². The summed E-state index contributed by atoms with van der Waals surface area (Å²) >= 11 is 0. The molecule has 0 aromatic heterocycles. The van der Waals surface area contributed by atoms with E-state index in [1.807, 2.05) is 24.3 Å². The number of hydrogen-bond acceptors (Lipinski definition) is 4. The molecule has 1 amide bonds. The SMILES string of the molecule is O=C(CCS(=O)(=O)c1ccccc1)Nc1ccccc1N1CCCC1. The largest absolute Gasteiger partial charge is 0.370 e. The van der Waals surface area contributed by atoms with Crippen LogP contribution < -0.4 is 10.2 Å². The number of para-hydroxylation sites is 2. The van der Waals surface area contributed by atoms with Crippen LogP contribution in [-0.2, 0) is 14.6 Å². The standard InChI is InChI=1S/C19H22N2O3S/c22-19(12-15-25(23,24)16-8-2-1-3-9-16)20-17-10-4-5-11-18(17)21-13-6-7-14-21/h1-5,8-11H,6-7,12-15H2,(H,20,22). The van der Waals surface area contributed by atoms with Crippen LogP contribution in [0.3, 0.4) is 0 Å². The maximum atomic E-state index is 12.3. The first-order chi connectivity index (χ1) is 12.1. The third-order valence-corrected chi connectivity index (χ3v) is 6.06. The van der Waals surface area contributed by atoms with Crippen molar-refractivity contribution in [3.63, 3.8) is 0 Å². The molecule has 1 aliphatic heterocycles. The molecule has 5 nitrogen and oxygen atoms in total. The zero-order chi connectivity index (χ0) is 17.7. The number of hydrogen-bond donors (Lipinski definition) is 1. The van der Waals surface area contributed by atoms with Crippen LogP contribution in [0.15, 0.2) is 59.5 Å². The fourth-order valence-electron chi connectivity index (χ4n) is 3.00. The highest BCUT2D eigenvalue weighted by molar-refractivity contribution is 7.91. The molecule has 0 radical (unpaired) electrons. The number of amides is 1. The number of rotatable bonds is 6. The molecule has 6 heteroatoms. The number of anilines is 2. The summed E-state index contributed by atoms with van der Waals surface area (Å²) in [7, 11) is -3.44. The number of nitrogens with zero attached hydrogens (tertiary/aromatic N) is 1. The van der Waals surface area contributed by atoms with Crippen LogP contribution in [0.25, 0.3) is 0 Å². The molecule has 25 heavy (non-hydrogen) atoms. The molecule has 2 aromatic rings. The van der Waals surface area contributed by atoms with E-state index in [-0.39, 0.29) is 23.0 Å². The predicted octanol–water partition coefficient (Wildman–Crippen LogP) is 3.09. The van der Waals surface area contributed by atoms with Gasteiger partial charge in [-0.25, -0.2) is 8.42 Å². The van der Waals surface area contributed by atoms with Crippen LogP contribution in [-0.4, -0.2) is 33.2 Å². The minimum atomic E-state index is -3.44. The first-order valence-corrected chi connectivity index (χ1v) is 10.1. The van der Waals surface area contributed by atoms with Gasteiger partial charge >= 0.3 is 0 Å². The summed E-state index contributed by atoms with van der Waals surface area (Å²) in [5.41, 5.74) is 1.74. The van der Waals surface area contributed by atoms with Crippen molar-refractivity contribution in [2.75, 3.05) is 29.1 Å². The number of benzene rings is 2. The van der Waals surface area contributed by atoms with E-state index in [0.717, 1.165) is 37.3 Å². The van der Waals surface area contributed by atoms with Crippen LogP contribution in [0.5, 0.6) is 0 Å². The van der Waals surface area contributed by atoms with E-state index in [2.05, 4.69) is 10.2 Å². The third-order valence-electron chi connectivity index (χ3n) is 4.33. The Balaban J connectivity index is 1.64. The number of carbonyl (C=O) groups excluding carboxylic acids is 1. The van der Waals surface area contributed by atoms with Crippen molar-refractivity contribution in [3.8, 4) is 0 Å². The molecule has 1 saturated heterocycles. The number of carbonyl (C=O) groups is 1. The molecule has 1 N–H and O–H groups in total. The van der Waals surface area contributed by atoms with Crippen molar-refractivity contribution >= 4 is 27.1 Å². The zero-order valence-electron chi connectivity index (χ0n) is 14.0. The van der Waals surface area contributed by atoms with Crippen molar-refractivity contribution < 1.29 is 13.2 Å². The summed E-state index contributed by atoms with van der Waals surface area (Å²) < 4.78 is 24.6. The van der Waals surface area contributed by atoms with Gasteiger partial charge in [0.1, 0.15) is 0 Å². The first kappa shape index (κ1) is 17.5. The Morgan fingerprint density at radius 1 is 0.960 bits per heavy atom. The quantitative estimate of drug-likeness (QED) is 0.862. The predicted molar refractivity (Wildman–Crippen MR) is 99.6 cm³/mol. The van der Waals surface area contributed by atoms with Gasteiger partial charge in [-0.3, -0.25) is 4.79 Å². The van der Waals surface area contributed by atoms with Crippen molar-refractivity contribution in [3.05, 3.63) is 54.6 Å². The average Bonchev–Trinajstić information content (AvgIpc) is 3.16. The molecule has 1 heterocycles. The maximum absolute atomic E-state index is 12.3.